The molecule has 1 atom stereocenters. The van der Waals surface area contributed by atoms with E-state index in [1.807, 2.05) is 11.4 Å². The number of aliphatic hydroxyl groups excluding tert-OH is 1. The van der Waals surface area contributed by atoms with Gasteiger partial charge < -0.3 is 10.4 Å². The maximum Gasteiger partial charge on any atom is 0.240 e. The van der Waals surface area contributed by atoms with Crippen molar-refractivity contribution in [1.29, 1.82) is 0 Å². The third kappa shape index (κ3) is 3.39. The molecule has 19 heavy (non-hydrogen) atoms. The van der Waals surface area contributed by atoms with Crippen LogP contribution in [-0.2, 0) is 14.4 Å². The Labute approximate surface area is 114 Å². The Morgan fingerprint density at radius 3 is 2.68 bits per heavy atom. The number of carbonyl (C=O) groups excluding carboxylic acids is 3. The summed E-state index contributed by atoms with van der Waals surface area (Å²) < 4.78 is 0. The lowest BCUT2D eigenvalue weighted by molar-refractivity contribution is -0.142. The molecule has 1 aromatic heterocycles. The van der Waals surface area contributed by atoms with Crippen molar-refractivity contribution < 1.29 is 19.5 Å². The molecule has 1 saturated heterocycles. The first-order valence-corrected chi connectivity index (χ1v) is 6.77. The second kappa shape index (κ2) is 5.94. The highest BCUT2D eigenvalue weighted by Gasteiger charge is 2.30. The molecule has 2 rings (SSSR count). The van der Waals surface area contributed by atoms with E-state index in [1.165, 1.54) is 11.3 Å². The lowest BCUT2D eigenvalue weighted by atomic mass is 10.3. The van der Waals surface area contributed by atoms with E-state index in [-0.39, 0.29) is 37.7 Å². The van der Waals surface area contributed by atoms with Crippen molar-refractivity contribution in [2.75, 3.05) is 13.1 Å². The number of carbonyl (C=O) groups is 3. The highest BCUT2D eigenvalue weighted by Crippen LogP contribution is 2.17. The van der Waals surface area contributed by atoms with Gasteiger partial charge in [0.25, 0.3) is 0 Å². The van der Waals surface area contributed by atoms with E-state index in [1.54, 1.807) is 6.07 Å². The molecular formula is C12H14N2O4S. The summed E-state index contributed by atoms with van der Waals surface area (Å²) in [5.41, 5.74) is 0. The van der Waals surface area contributed by atoms with Gasteiger partial charge >= 0.3 is 0 Å². The van der Waals surface area contributed by atoms with Gasteiger partial charge in [-0.1, -0.05) is 6.07 Å². The van der Waals surface area contributed by atoms with Gasteiger partial charge in [-0.05, 0) is 11.4 Å². The highest BCUT2D eigenvalue weighted by molar-refractivity contribution is 7.10. The minimum atomic E-state index is -0.770. The topological polar surface area (TPSA) is 86.7 Å². The molecule has 1 fully saturated rings. The molecule has 1 unspecified atom stereocenters. The molecule has 1 aromatic rings. The van der Waals surface area contributed by atoms with Crippen LogP contribution in [0.15, 0.2) is 17.5 Å². The average molecular weight is 282 g/mol. The minimum Gasteiger partial charge on any atom is -0.386 e. The maximum atomic E-state index is 11.6. The van der Waals surface area contributed by atoms with E-state index in [2.05, 4.69) is 5.32 Å². The van der Waals surface area contributed by atoms with Gasteiger partial charge in [-0.25, -0.2) is 0 Å². The highest BCUT2D eigenvalue weighted by atomic mass is 32.1. The van der Waals surface area contributed by atoms with Crippen molar-refractivity contribution in [2.24, 2.45) is 0 Å². The second-order valence-corrected chi connectivity index (χ2v) is 5.19. The quantitative estimate of drug-likeness (QED) is 0.747. The lowest BCUT2D eigenvalue weighted by Crippen LogP contribution is -2.41. The Morgan fingerprint density at radius 1 is 1.42 bits per heavy atom. The first-order valence-electron chi connectivity index (χ1n) is 5.89. The number of hydrogen-bond acceptors (Lipinski definition) is 5. The fourth-order valence-corrected chi connectivity index (χ4v) is 2.50. The number of thiophene rings is 1. The molecule has 0 aromatic carbocycles. The summed E-state index contributed by atoms with van der Waals surface area (Å²) in [6.07, 6.45) is -0.428. The maximum absolute atomic E-state index is 11.6. The van der Waals surface area contributed by atoms with Gasteiger partial charge in [0, 0.05) is 24.3 Å². The van der Waals surface area contributed by atoms with Crippen molar-refractivity contribution in [3.05, 3.63) is 22.4 Å². The number of aliphatic hydroxyl groups is 1. The zero-order chi connectivity index (χ0) is 13.8. The van der Waals surface area contributed by atoms with Crippen LogP contribution in [0, 0.1) is 0 Å². The van der Waals surface area contributed by atoms with Crippen molar-refractivity contribution in [3.63, 3.8) is 0 Å². The largest absolute Gasteiger partial charge is 0.386 e. The summed E-state index contributed by atoms with van der Waals surface area (Å²) in [5, 5.41) is 14.1. The molecule has 0 spiro atoms. The van der Waals surface area contributed by atoms with Crippen molar-refractivity contribution >= 4 is 29.1 Å². The predicted octanol–water partition coefficient (Wildman–Crippen LogP) is 0.0467. The molecule has 7 heteroatoms. The number of nitrogens with zero attached hydrogens (tertiary/aromatic N) is 1. The van der Waals surface area contributed by atoms with Gasteiger partial charge in [0.1, 0.15) is 12.6 Å². The first kappa shape index (κ1) is 13.7. The molecular weight excluding hydrogens is 268 g/mol. The number of hydrogen-bond donors (Lipinski definition) is 2. The summed E-state index contributed by atoms with van der Waals surface area (Å²) in [6.45, 7) is -0.204. The van der Waals surface area contributed by atoms with Crippen molar-refractivity contribution in [2.45, 2.75) is 18.9 Å². The van der Waals surface area contributed by atoms with Crippen LogP contribution in [0.25, 0.3) is 0 Å². The smallest absolute Gasteiger partial charge is 0.240 e. The molecule has 3 amide bonds. The summed E-state index contributed by atoms with van der Waals surface area (Å²) in [4.78, 5) is 36.0. The summed E-state index contributed by atoms with van der Waals surface area (Å²) >= 11 is 1.40. The summed E-state index contributed by atoms with van der Waals surface area (Å²) in [6, 6.07) is 3.58. The van der Waals surface area contributed by atoms with E-state index in [4.69, 9.17) is 0 Å². The molecule has 1 aliphatic rings. The van der Waals surface area contributed by atoms with Gasteiger partial charge in [0.15, 0.2) is 0 Å². The number of likely N-dealkylation sites (tertiary alicyclic amines) is 1. The Morgan fingerprint density at radius 2 is 2.11 bits per heavy atom. The third-order valence-electron chi connectivity index (χ3n) is 2.82. The standard InChI is InChI=1S/C12H14N2O4S/c15-8(9-2-1-5-19-9)6-13-10(16)7-14-11(17)3-4-12(14)18/h1-2,5,8,15H,3-4,6-7H2,(H,13,16). The molecule has 0 aliphatic carbocycles. The SMILES string of the molecule is O=C(CN1C(=O)CCC1=O)NCC(O)c1cccs1. The average Bonchev–Trinajstić information content (AvgIpc) is 3.01. The van der Waals surface area contributed by atoms with Gasteiger partial charge in [-0.15, -0.1) is 11.3 Å². The fourth-order valence-electron chi connectivity index (χ4n) is 1.79. The molecule has 0 bridgehead atoms. The zero-order valence-electron chi connectivity index (χ0n) is 10.2. The number of imide groups is 1. The monoisotopic (exact) mass is 282 g/mol. The first-order chi connectivity index (χ1) is 9.08. The molecule has 0 saturated carbocycles. The Bertz CT molecular complexity index is 470. The van der Waals surface area contributed by atoms with Gasteiger partial charge in [-0.3, -0.25) is 19.3 Å². The van der Waals surface area contributed by atoms with Gasteiger partial charge in [0.05, 0.1) is 0 Å². The van der Waals surface area contributed by atoms with Crippen LogP contribution in [0.3, 0.4) is 0 Å². The van der Waals surface area contributed by atoms with E-state index in [9.17, 15) is 19.5 Å². The van der Waals surface area contributed by atoms with Crippen LogP contribution in [0.4, 0.5) is 0 Å². The van der Waals surface area contributed by atoms with E-state index in [0.29, 0.717) is 0 Å². The molecule has 2 heterocycles. The van der Waals surface area contributed by atoms with E-state index < -0.39 is 12.0 Å². The second-order valence-electron chi connectivity index (χ2n) is 4.21. The van der Waals surface area contributed by atoms with Crippen LogP contribution in [0.2, 0.25) is 0 Å². The minimum absolute atomic E-state index is 0.0650. The van der Waals surface area contributed by atoms with Crippen molar-refractivity contribution in [3.8, 4) is 0 Å². The number of amides is 3. The zero-order valence-corrected chi connectivity index (χ0v) is 11.0. The van der Waals surface area contributed by atoms with Crippen LogP contribution in [0.1, 0.15) is 23.8 Å². The lowest BCUT2D eigenvalue weighted by Gasteiger charge is -2.14. The van der Waals surface area contributed by atoms with Crippen LogP contribution < -0.4 is 5.32 Å². The van der Waals surface area contributed by atoms with Gasteiger partial charge in [0.2, 0.25) is 17.7 Å². The van der Waals surface area contributed by atoms with Crippen LogP contribution in [-0.4, -0.2) is 40.8 Å². The van der Waals surface area contributed by atoms with E-state index >= 15 is 0 Å². The number of rotatable bonds is 5. The normalized spacial score (nSPS) is 16.8. The number of nitrogens with one attached hydrogen (secondary N) is 1. The van der Waals surface area contributed by atoms with Crippen LogP contribution >= 0.6 is 11.3 Å². The Hall–Kier alpha value is -1.73. The summed E-state index contributed by atoms with van der Waals surface area (Å²) in [5.74, 6) is -1.09. The van der Waals surface area contributed by atoms with E-state index in [0.717, 1.165) is 9.78 Å². The fraction of sp³-hybridized carbons (Fsp3) is 0.417. The summed E-state index contributed by atoms with van der Waals surface area (Å²) in [7, 11) is 0. The molecule has 0 radical (unpaired) electrons. The predicted molar refractivity (Wildman–Crippen MR) is 68.2 cm³/mol. The molecule has 6 nitrogen and oxygen atoms in total. The Kier molecular flexibility index (Phi) is 4.28. The molecule has 2 N–H and O–H groups in total. The third-order valence-corrected chi connectivity index (χ3v) is 3.79. The van der Waals surface area contributed by atoms with Crippen molar-refractivity contribution in [1.82, 2.24) is 10.2 Å². The van der Waals surface area contributed by atoms with Crippen LogP contribution in [0.5, 0.6) is 0 Å². The Balaban J connectivity index is 1.79. The molecule has 1 aliphatic heterocycles. The molecule has 102 valence electrons. The van der Waals surface area contributed by atoms with Gasteiger partial charge in [-0.2, -0.15) is 0 Å².